The van der Waals surface area contributed by atoms with Crippen molar-refractivity contribution >= 4 is 5.97 Å². The molecule has 0 fully saturated rings. The molecule has 6 heteroatoms. The van der Waals surface area contributed by atoms with Crippen LogP contribution in [0.1, 0.15) is 33.5 Å². The number of aromatic carboxylic acids is 1. The Labute approximate surface area is 89.4 Å². The normalized spacial score (nSPS) is 10.2. The van der Waals surface area contributed by atoms with E-state index in [-0.39, 0.29) is 5.56 Å². The molecule has 0 aliphatic rings. The van der Waals surface area contributed by atoms with Crippen LogP contribution in [0.15, 0.2) is 12.1 Å². The number of halogens is 2. The first kappa shape index (κ1) is 12.1. The van der Waals surface area contributed by atoms with Crippen LogP contribution in [0.5, 0.6) is 0 Å². The van der Waals surface area contributed by atoms with Gasteiger partial charge in [0, 0.05) is 11.1 Å². The third-order valence-electron chi connectivity index (χ3n) is 2.08. The molecule has 0 spiro atoms. The minimum Gasteiger partial charge on any atom is -0.478 e. The molecule has 0 aliphatic carbocycles. The van der Waals surface area contributed by atoms with Crippen LogP contribution in [-0.4, -0.2) is 16.2 Å². The summed E-state index contributed by atoms with van der Waals surface area (Å²) in [4.78, 5) is 10.7. The van der Waals surface area contributed by atoms with Gasteiger partial charge in [-0.2, -0.15) is 5.26 Å². The highest BCUT2D eigenvalue weighted by atomic mass is 19.3. The monoisotopic (exact) mass is 227 g/mol. The number of hydrogen-bond donors (Lipinski definition) is 2. The topological polar surface area (TPSA) is 81.3 Å². The van der Waals surface area contributed by atoms with Crippen LogP contribution >= 0.6 is 0 Å². The summed E-state index contributed by atoms with van der Waals surface area (Å²) in [6.45, 7) is -0.802. The molecule has 1 rings (SSSR count). The molecule has 0 aromatic heterocycles. The van der Waals surface area contributed by atoms with Gasteiger partial charge in [-0.15, -0.1) is 0 Å². The van der Waals surface area contributed by atoms with E-state index in [1.165, 1.54) is 6.07 Å². The van der Waals surface area contributed by atoms with Crippen molar-refractivity contribution in [2.24, 2.45) is 0 Å². The molecule has 0 amide bonds. The van der Waals surface area contributed by atoms with E-state index in [1.807, 2.05) is 0 Å². The Hall–Kier alpha value is -2.00. The molecule has 4 nitrogen and oxygen atoms in total. The number of nitriles is 1. The van der Waals surface area contributed by atoms with Gasteiger partial charge in [0.2, 0.25) is 0 Å². The van der Waals surface area contributed by atoms with Gasteiger partial charge in [0.1, 0.15) is 6.07 Å². The summed E-state index contributed by atoms with van der Waals surface area (Å²) in [5.74, 6) is -1.40. The predicted octanol–water partition coefficient (Wildman–Crippen LogP) is 1.69. The summed E-state index contributed by atoms with van der Waals surface area (Å²) in [6, 6.07) is 3.35. The molecule has 0 radical (unpaired) electrons. The number of alkyl halides is 2. The summed E-state index contributed by atoms with van der Waals surface area (Å²) in [7, 11) is 0. The minimum atomic E-state index is -2.86. The van der Waals surface area contributed by atoms with Gasteiger partial charge in [0.15, 0.2) is 0 Å². The van der Waals surface area contributed by atoms with Crippen molar-refractivity contribution in [3.05, 3.63) is 34.4 Å². The molecule has 0 unspecified atom stereocenters. The van der Waals surface area contributed by atoms with Crippen LogP contribution in [0.4, 0.5) is 8.78 Å². The zero-order chi connectivity index (χ0) is 12.3. The van der Waals surface area contributed by atoms with Gasteiger partial charge in [-0.3, -0.25) is 0 Å². The summed E-state index contributed by atoms with van der Waals surface area (Å²) in [5, 5.41) is 26.4. The Balaban J connectivity index is 3.54. The quantitative estimate of drug-likeness (QED) is 0.823. The lowest BCUT2D eigenvalue weighted by atomic mass is 9.97. The van der Waals surface area contributed by atoms with E-state index in [4.69, 9.17) is 15.5 Å². The van der Waals surface area contributed by atoms with Gasteiger partial charge in [-0.1, -0.05) is 6.07 Å². The van der Waals surface area contributed by atoms with Crippen LogP contribution in [0.25, 0.3) is 0 Å². The summed E-state index contributed by atoms with van der Waals surface area (Å²) < 4.78 is 25.0. The minimum absolute atomic E-state index is 0.336. The van der Waals surface area contributed by atoms with Crippen molar-refractivity contribution in [2.45, 2.75) is 13.0 Å². The van der Waals surface area contributed by atoms with Gasteiger partial charge in [-0.25, -0.2) is 13.6 Å². The van der Waals surface area contributed by atoms with Gasteiger partial charge in [-0.05, 0) is 6.07 Å². The van der Waals surface area contributed by atoms with E-state index in [2.05, 4.69) is 0 Å². The van der Waals surface area contributed by atoms with Crippen LogP contribution < -0.4 is 0 Å². The number of carboxylic acids is 1. The second kappa shape index (κ2) is 4.68. The first-order valence-corrected chi connectivity index (χ1v) is 4.21. The van der Waals surface area contributed by atoms with E-state index in [0.29, 0.717) is 0 Å². The molecule has 0 saturated heterocycles. The highest BCUT2D eigenvalue weighted by Crippen LogP contribution is 2.27. The third-order valence-corrected chi connectivity index (χ3v) is 2.08. The van der Waals surface area contributed by atoms with Crippen molar-refractivity contribution in [1.82, 2.24) is 0 Å². The lowest BCUT2D eigenvalue weighted by Gasteiger charge is -2.10. The Morgan fingerprint density at radius 2 is 2.12 bits per heavy atom. The van der Waals surface area contributed by atoms with Gasteiger partial charge in [0.05, 0.1) is 17.7 Å². The number of rotatable bonds is 3. The largest absolute Gasteiger partial charge is 0.478 e. The Bertz CT molecular complexity index is 466. The number of carboxylic acid groups (broad SMARTS) is 1. The third kappa shape index (κ3) is 1.99. The Morgan fingerprint density at radius 1 is 1.50 bits per heavy atom. The second-order valence-electron chi connectivity index (χ2n) is 2.93. The zero-order valence-electron chi connectivity index (χ0n) is 7.94. The number of carbonyl (C=O) groups is 1. The summed E-state index contributed by atoms with van der Waals surface area (Å²) in [5.41, 5.74) is -1.68. The highest BCUT2D eigenvalue weighted by Gasteiger charge is 2.21. The molecule has 0 aliphatic heterocycles. The Morgan fingerprint density at radius 3 is 2.50 bits per heavy atom. The van der Waals surface area contributed by atoms with Crippen molar-refractivity contribution < 1.29 is 23.8 Å². The standard InChI is InChI=1S/C10H7F2NO3/c11-9(12)5-1-2-6(10(15)16)7(3-13)8(5)4-14/h1-2,9,14H,4H2,(H,15,16). The molecule has 16 heavy (non-hydrogen) atoms. The van der Waals surface area contributed by atoms with Gasteiger partial charge >= 0.3 is 5.97 Å². The lowest BCUT2D eigenvalue weighted by molar-refractivity contribution is 0.0695. The number of aliphatic hydroxyl groups is 1. The average molecular weight is 227 g/mol. The van der Waals surface area contributed by atoms with Gasteiger partial charge < -0.3 is 10.2 Å². The fraction of sp³-hybridized carbons (Fsp3) is 0.200. The average Bonchev–Trinajstić information content (AvgIpc) is 2.26. The van der Waals surface area contributed by atoms with Crippen molar-refractivity contribution in [2.75, 3.05) is 0 Å². The van der Waals surface area contributed by atoms with Crippen molar-refractivity contribution in [3.63, 3.8) is 0 Å². The molecular weight excluding hydrogens is 220 g/mol. The molecule has 84 valence electrons. The van der Waals surface area contributed by atoms with E-state index >= 15 is 0 Å². The summed E-state index contributed by atoms with van der Waals surface area (Å²) >= 11 is 0. The maximum atomic E-state index is 12.5. The zero-order valence-corrected chi connectivity index (χ0v) is 7.94. The second-order valence-corrected chi connectivity index (χ2v) is 2.93. The summed E-state index contributed by atoms with van der Waals surface area (Å²) in [6.07, 6.45) is -2.86. The van der Waals surface area contributed by atoms with E-state index in [9.17, 15) is 13.6 Å². The maximum absolute atomic E-state index is 12.5. The van der Waals surface area contributed by atoms with Crippen molar-refractivity contribution in [3.8, 4) is 6.07 Å². The van der Waals surface area contributed by atoms with E-state index in [1.54, 1.807) is 0 Å². The molecule has 0 heterocycles. The van der Waals surface area contributed by atoms with E-state index < -0.39 is 35.7 Å². The van der Waals surface area contributed by atoms with Gasteiger partial charge in [0.25, 0.3) is 6.43 Å². The molecule has 0 atom stereocenters. The molecule has 2 N–H and O–H groups in total. The number of aliphatic hydroxyl groups excluding tert-OH is 1. The van der Waals surface area contributed by atoms with Crippen LogP contribution in [0, 0.1) is 11.3 Å². The van der Waals surface area contributed by atoms with Crippen molar-refractivity contribution in [1.29, 1.82) is 5.26 Å². The fourth-order valence-electron chi connectivity index (χ4n) is 1.34. The smallest absolute Gasteiger partial charge is 0.337 e. The maximum Gasteiger partial charge on any atom is 0.337 e. The number of hydrogen-bond acceptors (Lipinski definition) is 3. The first-order chi connectivity index (χ1) is 7.52. The number of nitrogens with zero attached hydrogens (tertiary/aromatic N) is 1. The highest BCUT2D eigenvalue weighted by molar-refractivity contribution is 5.91. The molecule has 0 bridgehead atoms. The molecule has 1 aromatic rings. The molecule has 1 aromatic carbocycles. The van der Waals surface area contributed by atoms with Crippen LogP contribution in [-0.2, 0) is 6.61 Å². The Kier molecular flexibility index (Phi) is 3.53. The predicted molar refractivity (Wildman–Crippen MR) is 49.0 cm³/mol. The SMILES string of the molecule is N#Cc1c(C(=O)O)ccc(C(F)F)c1CO. The van der Waals surface area contributed by atoms with Crippen LogP contribution in [0.3, 0.4) is 0 Å². The fourth-order valence-corrected chi connectivity index (χ4v) is 1.34. The molecule has 0 saturated carbocycles. The number of benzene rings is 1. The van der Waals surface area contributed by atoms with Crippen LogP contribution in [0.2, 0.25) is 0 Å². The lowest BCUT2D eigenvalue weighted by Crippen LogP contribution is -2.07. The first-order valence-electron chi connectivity index (χ1n) is 4.21. The van der Waals surface area contributed by atoms with E-state index in [0.717, 1.165) is 12.1 Å². The molecular formula is C10H7F2NO3.